The summed E-state index contributed by atoms with van der Waals surface area (Å²) in [5.41, 5.74) is 0. The molecular weight excluding hydrogens is 196 g/mol. The molecule has 0 aliphatic carbocycles. The Kier molecular flexibility index (Phi) is 6.44. The summed E-state index contributed by atoms with van der Waals surface area (Å²) in [5.74, 6) is -0.0612. The van der Waals surface area contributed by atoms with Crippen LogP contribution in [0, 0.1) is 0 Å². The molecule has 0 aromatic heterocycles. The van der Waals surface area contributed by atoms with Gasteiger partial charge < -0.3 is 20.9 Å². The molecule has 0 rings (SSSR count). The minimum Gasteiger partial charge on any atom is -0.358 e. The normalized spacial score (nSPS) is 11.7. The van der Waals surface area contributed by atoms with Gasteiger partial charge in [0, 0.05) is 34.2 Å². The van der Waals surface area contributed by atoms with Crippen molar-refractivity contribution in [2.45, 2.75) is 13.0 Å². The minimum atomic E-state index is -0.244. The largest absolute Gasteiger partial charge is 0.358 e. The van der Waals surface area contributed by atoms with Crippen LogP contribution >= 0.6 is 0 Å². The first-order valence-corrected chi connectivity index (χ1v) is 4.89. The van der Waals surface area contributed by atoms with E-state index in [1.165, 1.54) is 4.90 Å². The predicted octanol–water partition coefficient (Wildman–Crippen LogP) is -1.02. The number of nitrogens with zero attached hydrogens (tertiary/aromatic N) is 1. The highest BCUT2D eigenvalue weighted by molar-refractivity contribution is 5.80. The number of likely N-dealkylation sites (N-methyl/N-ethyl adjacent to an activating group) is 1. The average molecular weight is 216 g/mol. The van der Waals surface area contributed by atoms with Gasteiger partial charge in [-0.2, -0.15) is 0 Å². The highest BCUT2D eigenvalue weighted by atomic mass is 16.2. The number of carbonyl (C=O) groups excluding carboxylic acids is 2. The van der Waals surface area contributed by atoms with Crippen molar-refractivity contribution in [3.8, 4) is 0 Å². The van der Waals surface area contributed by atoms with Crippen molar-refractivity contribution in [3.05, 3.63) is 0 Å². The summed E-state index contributed by atoms with van der Waals surface area (Å²) in [6.45, 7) is 2.83. The van der Waals surface area contributed by atoms with Gasteiger partial charge in [0.2, 0.25) is 5.91 Å². The van der Waals surface area contributed by atoms with Crippen molar-refractivity contribution in [2.75, 3.05) is 34.2 Å². The first-order chi connectivity index (χ1) is 6.99. The van der Waals surface area contributed by atoms with Crippen LogP contribution in [0.4, 0.5) is 4.79 Å². The molecule has 0 aromatic rings. The van der Waals surface area contributed by atoms with Crippen LogP contribution in [0.2, 0.25) is 0 Å². The van der Waals surface area contributed by atoms with E-state index < -0.39 is 0 Å². The lowest BCUT2D eigenvalue weighted by Crippen LogP contribution is -2.44. The SMILES string of the molecule is CNC(=O)C(C)NCCNC(=O)N(C)C. The third kappa shape index (κ3) is 5.90. The lowest BCUT2D eigenvalue weighted by Gasteiger charge is -2.14. The van der Waals surface area contributed by atoms with Gasteiger partial charge in [0.25, 0.3) is 0 Å². The van der Waals surface area contributed by atoms with Gasteiger partial charge in [0.05, 0.1) is 6.04 Å². The van der Waals surface area contributed by atoms with Crippen LogP contribution in [0.25, 0.3) is 0 Å². The molecule has 1 unspecified atom stereocenters. The summed E-state index contributed by atoms with van der Waals surface area (Å²) in [6, 6.07) is -0.379. The molecule has 0 saturated heterocycles. The zero-order valence-electron chi connectivity index (χ0n) is 9.76. The molecule has 6 heteroatoms. The smallest absolute Gasteiger partial charge is 0.316 e. The zero-order chi connectivity index (χ0) is 11.8. The van der Waals surface area contributed by atoms with Gasteiger partial charge in [0.15, 0.2) is 0 Å². The number of hydrogen-bond donors (Lipinski definition) is 3. The standard InChI is InChI=1S/C9H20N4O2/c1-7(8(14)10-2)11-5-6-12-9(15)13(3)4/h7,11H,5-6H2,1-4H3,(H,10,14)(H,12,15). The van der Waals surface area contributed by atoms with Gasteiger partial charge in [-0.3, -0.25) is 4.79 Å². The van der Waals surface area contributed by atoms with E-state index in [2.05, 4.69) is 16.0 Å². The van der Waals surface area contributed by atoms with Crippen LogP contribution in [-0.4, -0.2) is 57.1 Å². The summed E-state index contributed by atoms with van der Waals surface area (Å²) in [5, 5.41) is 8.21. The maximum absolute atomic E-state index is 11.1. The van der Waals surface area contributed by atoms with E-state index in [9.17, 15) is 9.59 Å². The van der Waals surface area contributed by atoms with E-state index >= 15 is 0 Å². The topological polar surface area (TPSA) is 73.5 Å². The van der Waals surface area contributed by atoms with Crippen molar-refractivity contribution < 1.29 is 9.59 Å². The summed E-state index contributed by atoms with van der Waals surface area (Å²) in [6.07, 6.45) is 0. The second-order valence-electron chi connectivity index (χ2n) is 3.42. The van der Waals surface area contributed by atoms with Crippen molar-refractivity contribution in [1.82, 2.24) is 20.9 Å². The number of urea groups is 1. The molecule has 3 N–H and O–H groups in total. The van der Waals surface area contributed by atoms with Gasteiger partial charge in [-0.1, -0.05) is 0 Å². The van der Waals surface area contributed by atoms with Crippen molar-refractivity contribution in [2.24, 2.45) is 0 Å². The molecule has 88 valence electrons. The molecule has 1 atom stereocenters. The molecule has 0 saturated carbocycles. The molecule has 0 bridgehead atoms. The van der Waals surface area contributed by atoms with Gasteiger partial charge in [-0.15, -0.1) is 0 Å². The number of carbonyl (C=O) groups is 2. The second kappa shape index (κ2) is 7.05. The second-order valence-corrected chi connectivity index (χ2v) is 3.42. The van der Waals surface area contributed by atoms with E-state index in [4.69, 9.17) is 0 Å². The molecule has 0 fully saturated rings. The molecule has 0 aromatic carbocycles. The first-order valence-electron chi connectivity index (χ1n) is 4.89. The Hall–Kier alpha value is -1.30. The van der Waals surface area contributed by atoms with E-state index in [0.717, 1.165) is 0 Å². The molecular formula is C9H20N4O2. The molecule has 0 aliphatic heterocycles. The summed E-state index contributed by atoms with van der Waals surface area (Å²) in [4.78, 5) is 23.6. The maximum Gasteiger partial charge on any atom is 0.316 e. The monoisotopic (exact) mass is 216 g/mol. The predicted molar refractivity (Wildman–Crippen MR) is 58.6 cm³/mol. The van der Waals surface area contributed by atoms with E-state index in [1.807, 2.05) is 0 Å². The number of rotatable bonds is 5. The van der Waals surface area contributed by atoms with E-state index in [-0.39, 0.29) is 18.0 Å². The van der Waals surface area contributed by atoms with Crippen LogP contribution in [0.15, 0.2) is 0 Å². The third-order valence-electron chi connectivity index (χ3n) is 1.90. The fourth-order valence-electron chi connectivity index (χ4n) is 0.925. The van der Waals surface area contributed by atoms with Crippen LogP contribution in [0.5, 0.6) is 0 Å². The van der Waals surface area contributed by atoms with Crippen LogP contribution in [-0.2, 0) is 4.79 Å². The van der Waals surface area contributed by atoms with Crippen LogP contribution in [0.1, 0.15) is 6.92 Å². The Morgan fingerprint density at radius 1 is 1.27 bits per heavy atom. The molecule has 0 aliphatic rings. The van der Waals surface area contributed by atoms with Crippen LogP contribution in [0.3, 0.4) is 0 Å². The molecule has 15 heavy (non-hydrogen) atoms. The molecule has 0 radical (unpaired) electrons. The van der Waals surface area contributed by atoms with E-state index in [0.29, 0.717) is 13.1 Å². The van der Waals surface area contributed by atoms with Crippen molar-refractivity contribution in [1.29, 1.82) is 0 Å². The Labute approximate surface area is 90.4 Å². The Morgan fingerprint density at radius 2 is 1.87 bits per heavy atom. The Morgan fingerprint density at radius 3 is 2.33 bits per heavy atom. The van der Waals surface area contributed by atoms with Gasteiger partial charge in [-0.25, -0.2) is 4.79 Å². The fourth-order valence-corrected chi connectivity index (χ4v) is 0.925. The quantitative estimate of drug-likeness (QED) is 0.515. The van der Waals surface area contributed by atoms with E-state index in [1.54, 1.807) is 28.1 Å². The molecule has 0 heterocycles. The minimum absolute atomic E-state index is 0.0612. The molecule has 0 spiro atoms. The van der Waals surface area contributed by atoms with Crippen molar-refractivity contribution in [3.63, 3.8) is 0 Å². The number of hydrogen-bond acceptors (Lipinski definition) is 3. The van der Waals surface area contributed by atoms with Gasteiger partial charge >= 0.3 is 6.03 Å². The maximum atomic E-state index is 11.1. The summed E-state index contributed by atoms with van der Waals surface area (Å²) >= 11 is 0. The third-order valence-corrected chi connectivity index (χ3v) is 1.90. The highest BCUT2D eigenvalue weighted by Crippen LogP contribution is 1.80. The molecule has 3 amide bonds. The highest BCUT2D eigenvalue weighted by Gasteiger charge is 2.09. The molecule has 6 nitrogen and oxygen atoms in total. The lowest BCUT2D eigenvalue weighted by atomic mass is 10.3. The first kappa shape index (κ1) is 13.7. The lowest BCUT2D eigenvalue weighted by molar-refractivity contribution is -0.122. The summed E-state index contributed by atoms with van der Waals surface area (Å²) in [7, 11) is 4.94. The van der Waals surface area contributed by atoms with Gasteiger partial charge in [0.1, 0.15) is 0 Å². The van der Waals surface area contributed by atoms with Gasteiger partial charge in [-0.05, 0) is 6.92 Å². The summed E-state index contributed by atoms with van der Waals surface area (Å²) < 4.78 is 0. The zero-order valence-corrected chi connectivity index (χ0v) is 9.76. The average Bonchev–Trinajstić information content (AvgIpc) is 2.22. The Bertz CT molecular complexity index is 218. The van der Waals surface area contributed by atoms with Crippen molar-refractivity contribution >= 4 is 11.9 Å². The number of nitrogens with one attached hydrogen (secondary N) is 3. The fraction of sp³-hybridized carbons (Fsp3) is 0.778. The Balaban J connectivity index is 3.54. The van der Waals surface area contributed by atoms with Crippen LogP contribution < -0.4 is 16.0 Å². The number of amides is 3.